The molecule has 3 rings (SSSR count). The summed E-state index contributed by atoms with van der Waals surface area (Å²) in [7, 11) is 0. The van der Waals surface area contributed by atoms with E-state index in [0.717, 1.165) is 50.8 Å². The van der Waals surface area contributed by atoms with E-state index in [9.17, 15) is 9.18 Å². The summed E-state index contributed by atoms with van der Waals surface area (Å²) < 4.78 is 13.3. The highest BCUT2D eigenvalue weighted by Crippen LogP contribution is 2.26. The first-order chi connectivity index (χ1) is 11.7. The predicted octanol–water partition coefficient (Wildman–Crippen LogP) is 2.28. The molecular weight excluding hydrogens is 305 g/mol. The summed E-state index contributed by atoms with van der Waals surface area (Å²) >= 11 is 0. The van der Waals surface area contributed by atoms with Crippen LogP contribution < -0.4 is 11.1 Å². The minimum atomic E-state index is -0.201. The Hall–Kier alpha value is -1.46. The van der Waals surface area contributed by atoms with Gasteiger partial charge in [-0.05, 0) is 62.4 Å². The molecule has 1 aliphatic heterocycles. The van der Waals surface area contributed by atoms with Gasteiger partial charge in [-0.1, -0.05) is 18.6 Å². The van der Waals surface area contributed by atoms with E-state index in [1.165, 1.54) is 6.07 Å². The molecule has 3 unspecified atom stereocenters. The van der Waals surface area contributed by atoms with Crippen LogP contribution >= 0.6 is 0 Å². The van der Waals surface area contributed by atoms with Gasteiger partial charge in [0.2, 0.25) is 5.91 Å². The Labute approximate surface area is 143 Å². The number of likely N-dealkylation sites (tertiary alicyclic amines) is 1. The lowest BCUT2D eigenvalue weighted by atomic mass is 9.95. The third-order valence-corrected chi connectivity index (χ3v) is 5.46. The molecule has 5 heteroatoms. The van der Waals surface area contributed by atoms with Gasteiger partial charge in [0.15, 0.2) is 0 Å². The quantitative estimate of drug-likeness (QED) is 0.869. The van der Waals surface area contributed by atoms with Crippen LogP contribution in [0.15, 0.2) is 24.3 Å². The molecule has 132 valence electrons. The molecule has 3 N–H and O–H groups in total. The van der Waals surface area contributed by atoms with Gasteiger partial charge in [-0.25, -0.2) is 4.39 Å². The van der Waals surface area contributed by atoms with Gasteiger partial charge in [0.1, 0.15) is 5.82 Å². The van der Waals surface area contributed by atoms with E-state index in [1.807, 2.05) is 6.07 Å². The standard InChI is InChI=1S/C19H28FN3O/c20-17-7-1-4-14(10-17)12-23-9-3-6-16(13-23)19(24)22-18-8-2-5-15(18)11-21/h1,4,7,10,15-16,18H,2-3,5-6,8-9,11-13,21H2,(H,22,24). The Balaban J connectivity index is 1.54. The third-order valence-electron chi connectivity index (χ3n) is 5.46. The first-order valence-corrected chi connectivity index (χ1v) is 9.13. The van der Waals surface area contributed by atoms with Crippen molar-refractivity contribution in [3.05, 3.63) is 35.6 Å². The number of rotatable bonds is 5. The molecule has 1 saturated heterocycles. The van der Waals surface area contributed by atoms with Gasteiger partial charge >= 0.3 is 0 Å². The van der Waals surface area contributed by atoms with Gasteiger partial charge < -0.3 is 11.1 Å². The maximum absolute atomic E-state index is 13.3. The molecule has 1 aliphatic carbocycles. The van der Waals surface area contributed by atoms with Crippen LogP contribution in [0.1, 0.15) is 37.7 Å². The van der Waals surface area contributed by atoms with Gasteiger partial charge in [-0.15, -0.1) is 0 Å². The number of carbonyl (C=O) groups is 1. The summed E-state index contributed by atoms with van der Waals surface area (Å²) in [6.45, 7) is 3.08. The second kappa shape index (κ2) is 8.08. The Bertz CT molecular complexity index is 565. The molecule has 2 fully saturated rings. The minimum absolute atomic E-state index is 0.0336. The van der Waals surface area contributed by atoms with E-state index in [-0.39, 0.29) is 23.7 Å². The van der Waals surface area contributed by atoms with Crippen molar-refractivity contribution in [2.24, 2.45) is 17.6 Å². The molecule has 0 bridgehead atoms. The van der Waals surface area contributed by atoms with Gasteiger partial charge in [-0.2, -0.15) is 0 Å². The third kappa shape index (κ3) is 4.33. The molecule has 1 aromatic rings. The van der Waals surface area contributed by atoms with E-state index in [0.29, 0.717) is 19.0 Å². The lowest BCUT2D eigenvalue weighted by Gasteiger charge is -2.33. The maximum Gasteiger partial charge on any atom is 0.224 e. The first-order valence-electron chi connectivity index (χ1n) is 9.13. The lowest BCUT2D eigenvalue weighted by Crippen LogP contribution is -2.47. The van der Waals surface area contributed by atoms with E-state index in [4.69, 9.17) is 5.73 Å². The van der Waals surface area contributed by atoms with Crippen LogP contribution in [0.2, 0.25) is 0 Å². The van der Waals surface area contributed by atoms with Gasteiger partial charge in [0.05, 0.1) is 5.92 Å². The Morgan fingerprint density at radius 3 is 2.96 bits per heavy atom. The van der Waals surface area contributed by atoms with Crippen LogP contribution in [-0.4, -0.2) is 36.5 Å². The molecule has 24 heavy (non-hydrogen) atoms. The fourth-order valence-electron chi connectivity index (χ4n) is 4.12. The fourth-order valence-corrected chi connectivity index (χ4v) is 4.12. The average Bonchev–Trinajstić information content (AvgIpc) is 3.02. The van der Waals surface area contributed by atoms with Crippen LogP contribution in [0.4, 0.5) is 4.39 Å². The van der Waals surface area contributed by atoms with Crippen molar-refractivity contribution in [3.63, 3.8) is 0 Å². The van der Waals surface area contributed by atoms with Crippen LogP contribution in [0.25, 0.3) is 0 Å². The molecule has 3 atom stereocenters. The topological polar surface area (TPSA) is 58.4 Å². The zero-order valence-electron chi connectivity index (χ0n) is 14.2. The van der Waals surface area contributed by atoms with E-state index in [1.54, 1.807) is 12.1 Å². The fraction of sp³-hybridized carbons (Fsp3) is 0.632. The van der Waals surface area contributed by atoms with Crippen molar-refractivity contribution in [3.8, 4) is 0 Å². The lowest BCUT2D eigenvalue weighted by molar-refractivity contribution is -0.127. The Morgan fingerprint density at radius 1 is 1.29 bits per heavy atom. The summed E-state index contributed by atoms with van der Waals surface area (Å²) in [5.74, 6) is 0.435. The molecule has 0 aromatic heterocycles. The molecule has 0 radical (unpaired) electrons. The zero-order chi connectivity index (χ0) is 16.9. The summed E-state index contributed by atoms with van der Waals surface area (Å²) in [6.07, 6.45) is 5.28. The normalized spacial score (nSPS) is 28.0. The largest absolute Gasteiger partial charge is 0.353 e. The highest BCUT2D eigenvalue weighted by molar-refractivity contribution is 5.79. The smallest absolute Gasteiger partial charge is 0.224 e. The summed E-state index contributed by atoms with van der Waals surface area (Å²) in [5, 5.41) is 3.24. The van der Waals surface area contributed by atoms with Crippen LogP contribution in [0, 0.1) is 17.7 Å². The number of nitrogens with two attached hydrogens (primary N) is 1. The maximum atomic E-state index is 13.3. The average molecular weight is 333 g/mol. The van der Waals surface area contributed by atoms with E-state index in [2.05, 4.69) is 10.2 Å². The highest BCUT2D eigenvalue weighted by atomic mass is 19.1. The molecular formula is C19H28FN3O. The highest BCUT2D eigenvalue weighted by Gasteiger charge is 2.31. The molecule has 1 saturated carbocycles. The van der Waals surface area contributed by atoms with Crippen molar-refractivity contribution in [1.29, 1.82) is 0 Å². The van der Waals surface area contributed by atoms with E-state index >= 15 is 0 Å². The first kappa shape index (κ1) is 17.4. The van der Waals surface area contributed by atoms with Crippen molar-refractivity contribution >= 4 is 5.91 Å². The summed E-state index contributed by atoms with van der Waals surface area (Å²) in [4.78, 5) is 14.9. The number of nitrogens with one attached hydrogen (secondary N) is 1. The number of carbonyl (C=O) groups excluding carboxylic acids is 1. The molecule has 1 amide bonds. The predicted molar refractivity (Wildman–Crippen MR) is 92.7 cm³/mol. The van der Waals surface area contributed by atoms with Crippen LogP contribution in [-0.2, 0) is 11.3 Å². The van der Waals surface area contributed by atoms with Crippen LogP contribution in [0.3, 0.4) is 0 Å². The number of piperidine rings is 1. The monoisotopic (exact) mass is 333 g/mol. The number of benzene rings is 1. The second-order valence-corrected chi connectivity index (χ2v) is 7.25. The number of hydrogen-bond acceptors (Lipinski definition) is 3. The van der Waals surface area contributed by atoms with Crippen molar-refractivity contribution in [1.82, 2.24) is 10.2 Å². The molecule has 1 heterocycles. The summed E-state index contributed by atoms with van der Waals surface area (Å²) in [6, 6.07) is 6.98. The SMILES string of the molecule is NCC1CCCC1NC(=O)C1CCCN(Cc2cccc(F)c2)C1. The van der Waals surface area contributed by atoms with Crippen LogP contribution in [0.5, 0.6) is 0 Å². The number of amides is 1. The van der Waals surface area contributed by atoms with Gasteiger partial charge in [-0.3, -0.25) is 9.69 Å². The zero-order valence-corrected chi connectivity index (χ0v) is 14.2. The number of halogens is 1. The van der Waals surface area contributed by atoms with Crippen molar-refractivity contribution in [2.75, 3.05) is 19.6 Å². The minimum Gasteiger partial charge on any atom is -0.353 e. The molecule has 2 aliphatic rings. The van der Waals surface area contributed by atoms with Gasteiger partial charge in [0, 0.05) is 19.1 Å². The Kier molecular flexibility index (Phi) is 5.85. The van der Waals surface area contributed by atoms with Crippen molar-refractivity contribution in [2.45, 2.75) is 44.7 Å². The number of hydrogen-bond donors (Lipinski definition) is 2. The second-order valence-electron chi connectivity index (χ2n) is 7.25. The number of nitrogens with zero attached hydrogens (tertiary/aromatic N) is 1. The molecule has 1 aromatic carbocycles. The Morgan fingerprint density at radius 2 is 2.17 bits per heavy atom. The van der Waals surface area contributed by atoms with E-state index < -0.39 is 0 Å². The molecule has 4 nitrogen and oxygen atoms in total. The molecule has 0 spiro atoms. The summed E-state index contributed by atoms with van der Waals surface area (Å²) in [5.41, 5.74) is 6.78. The van der Waals surface area contributed by atoms with Gasteiger partial charge in [0.25, 0.3) is 0 Å². The van der Waals surface area contributed by atoms with Crippen molar-refractivity contribution < 1.29 is 9.18 Å².